The number of fused-ring (bicyclic) bond motifs is 7. The van der Waals surface area contributed by atoms with Crippen molar-refractivity contribution < 1.29 is 19.2 Å². The van der Waals surface area contributed by atoms with Gasteiger partial charge in [0.05, 0.1) is 44.9 Å². The van der Waals surface area contributed by atoms with Gasteiger partial charge in [-0.3, -0.25) is 14.9 Å². The zero-order chi connectivity index (χ0) is 27.0. The summed E-state index contributed by atoms with van der Waals surface area (Å²) in [6.07, 6.45) is 5.07. The lowest BCUT2D eigenvalue weighted by Crippen LogP contribution is -2.48. The van der Waals surface area contributed by atoms with E-state index in [0.717, 1.165) is 48.2 Å². The van der Waals surface area contributed by atoms with Gasteiger partial charge in [-0.15, -0.1) is 11.3 Å². The highest BCUT2D eigenvalue weighted by molar-refractivity contribution is 7.17. The van der Waals surface area contributed by atoms with Crippen LogP contribution in [-0.2, 0) is 33.2 Å². The molecule has 3 aliphatic rings. The van der Waals surface area contributed by atoms with Crippen molar-refractivity contribution in [2.75, 3.05) is 11.9 Å². The maximum absolute atomic E-state index is 14.4. The average molecular weight is 535 g/mol. The number of non-ortho nitro benzene ring substituents is 1. The van der Waals surface area contributed by atoms with Gasteiger partial charge in [0.15, 0.2) is 0 Å². The molecule has 1 N–H and O–H groups in total. The van der Waals surface area contributed by atoms with Crippen molar-refractivity contribution in [2.45, 2.75) is 77.0 Å². The Balaban J connectivity index is 1.49. The molecule has 0 saturated heterocycles. The molecule has 198 valence electrons. The van der Waals surface area contributed by atoms with E-state index in [9.17, 15) is 19.7 Å². The molecule has 38 heavy (non-hydrogen) atoms. The molecular weight excluding hydrogens is 504 g/mol. The quantitative estimate of drug-likeness (QED) is 0.256. The number of hydrogen-bond acceptors (Lipinski definition) is 8. The van der Waals surface area contributed by atoms with Crippen LogP contribution in [0.2, 0.25) is 0 Å². The number of nitro groups is 1. The molecule has 2 bridgehead atoms. The fourth-order valence-corrected chi connectivity index (χ4v) is 8.26. The first-order valence-corrected chi connectivity index (χ1v) is 14.0. The number of thiophene rings is 1. The zero-order valence-electron chi connectivity index (χ0n) is 22.0. The molecule has 3 aromatic rings. The maximum Gasteiger partial charge on any atom is 0.341 e. The van der Waals surface area contributed by atoms with Crippen molar-refractivity contribution in [1.29, 1.82) is 0 Å². The molecule has 1 saturated carbocycles. The smallest absolute Gasteiger partial charge is 0.341 e. The lowest BCUT2D eigenvalue weighted by molar-refractivity contribution is -0.384. The minimum Gasteiger partial charge on any atom is -0.462 e. The minimum absolute atomic E-state index is 0.0675. The molecule has 2 atom stereocenters. The van der Waals surface area contributed by atoms with Crippen molar-refractivity contribution >= 4 is 44.9 Å². The number of nitrogens with zero attached hydrogens (tertiary/aromatic N) is 3. The molecule has 2 unspecified atom stereocenters. The molecule has 0 aliphatic heterocycles. The number of nitro benzene ring substituents is 1. The molecule has 6 rings (SSSR count). The second-order valence-electron chi connectivity index (χ2n) is 11.3. The van der Waals surface area contributed by atoms with E-state index in [-0.39, 0.29) is 18.2 Å². The number of ether oxygens (including phenoxy) is 1. The summed E-state index contributed by atoms with van der Waals surface area (Å²) in [5.74, 6) is -0.617. The number of aryl methyl sites for hydroxylation is 1. The Hall–Kier alpha value is -3.40. The van der Waals surface area contributed by atoms with Gasteiger partial charge in [0, 0.05) is 22.4 Å². The maximum atomic E-state index is 14.4. The summed E-state index contributed by atoms with van der Waals surface area (Å²) in [6.45, 7) is 8.34. The Labute approximate surface area is 224 Å². The van der Waals surface area contributed by atoms with E-state index in [1.165, 1.54) is 23.5 Å². The molecule has 2 heterocycles. The molecular formula is C28H30N4O5S. The zero-order valence-corrected chi connectivity index (χ0v) is 22.8. The topological polar surface area (TPSA) is 124 Å². The third-order valence-electron chi connectivity index (χ3n) is 9.50. The van der Waals surface area contributed by atoms with Crippen LogP contribution in [0.4, 0.5) is 10.7 Å². The average Bonchev–Trinajstić information content (AvgIpc) is 3.40. The fourth-order valence-electron chi connectivity index (χ4n) is 6.99. The van der Waals surface area contributed by atoms with Crippen molar-refractivity contribution in [3.8, 4) is 0 Å². The van der Waals surface area contributed by atoms with Gasteiger partial charge in [-0.2, -0.15) is 0 Å². The number of benzene rings is 1. The number of aromatic nitrogens is 2. The molecule has 1 fully saturated rings. The van der Waals surface area contributed by atoms with Gasteiger partial charge < -0.3 is 10.1 Å². The Kier molecular flexibility index (Phi) is 5.44. The fraction of sp³-hybridized carbons (Fsp3) is 0.500. The van der Waals surface area contributed by atoms with Crippen LogP contribution in [-0.4, -0.2) is 33.4 Å². The molecule has 3 aliphatic carbocycles. The van der Waals surface area contributed by atoms with Gasteiger partial charge in [0.25, 0.3) is 5.69 Å². The van der Waals surface area contributed by atoms with Crippen LogP contribution < -0.4 is 5.32 Å². The normalized spacial score (nSPS) is 24.6. The number of anilines is 1. The lowest BCUT2D eigenvalue weighted by atomic mass is 9.63. The van der Waals surface area contributed by atoms with Crippen molar-refractivity contribution in [2.24, 2.45) is 5.41 Å². The predicted molar refractivity (Wildman–Crippen MR) is 144 cm³/mol. The summed E-state index contributed by atoms with van der Waals surface area (Å²) in [7, 11) is 0. The first kappa shape index (κ1) is 24.9. The van der Waals surface area contributed by atoms with E-state index < -0.39 is 27.1 Å². The standard InChI is InChI=1S/C28H30N4O5S/c1-5-37-24(33)20-16-8-6-7-9-19(16)38-23(20)31-25(34)28-13-12-27(4,26(28,2)3)21-22(28)30-18-14-15(32(35)36)10-11-17(18)29-21/h10-11,14H,5-9,12-13H2,1-4H3,(H,31,34). The summed E-state index contributed by atoms with van der Waals surface area (Å²) < 4.78 is 5.39. The van der Waals surface area contributed by atoms with Gasteiger partial charge >= 0.3 is 5.97 Å². The Morgan fingerprint density at radius 2 is 1.84 bits per heavy atom. The first-order chi connectivity index (χ1) is 18.0. The molecule has 0 radical (unpaired) electrons. The van der Waals surface area contributed by atoms with E-state index >= 15 is 0 Å². The van der Waals surface area contributed by atoms with E-state index in [4.69, 9.17) is 14.7 Å². The van der Waals surface area contributed by atoms with E-state index in [2.05, 4.69) is 26.1 Å². The number of nitrogens with one attached hydrogen (secondary N) is 1. The molecule has 10 heteroatoms. The Bertz CT molecular complexity index is 1550. The number of rotatable bonds is 5. The van der Waals surface area contributed by atoms with Gasteiger partial charge in [-0.25, -0.2) is 14.8 Å². The van der Waals surface area contributed by atoms with E-state index in [1.807, 2.05) is 0 Å². The third-order valence-corrected chi connectivity index (χ3v) is 10.7. The highest BCUT2D eigenvalue weighted by Crippen LogP contribution is 2.70. The minimum atomic E-state index is -1.00. The summed E-state index contributed by atoms with van der Waals surface area (Å²) in [5, 5.41) is 15.1. The summed E-state index contributed by atoms with van der Waals surface area (Å²) >= 11 is 1.47. The monoisotopic (exact) mass is 534 g/mol. The van der Waals surface area contributed by atoms with Gasteiger partial charge in [-0.05, 0) is 62.5 Å². The van der Waals surface area contributed by atoms with Crippen LogP contribution in [0, 0.1) is 15.5 Å². The second-order valence-corrected chi connectivity index (χ2v) is 12.4. The highest BCUT2D eigenvalue weighted by atomic mass is 32.1. The lowest BCUT2D eigenvalue weighted by Gasteiger charge is -2.39. The highest BCUT2D eigenvalue weighted by Gasteiger charge is 2.73. The Morgan fingerprint density at radius 3 is 2.58 bits per heavy atom. The van der Waals surface area contributed by atoms with E-state index in [1.54, 1.807) is 13.0 Å². The first-order valence-electron chi connectivity index (χ1n) is 13.2. The van der Waals surface area contributed by atoms with Gasteiger partial charge in [0.2, 0.25) is 5.91 Å². The number of carbonyl (C=O) groups is 2. The summed E-state index contributed by atoms with van der Waals surface area (Å²) in [6, 6.07) is 4.47. The molecule has 1 aromatic carbocycles. The SMILES string of the molecule is CCOC(=O)c1c(NC(=O)C23CCC(C)(c4nc5ccc([N+](=O)[O-])cc5nc42)C3(C)C)sc2c1CCCC2. The Morgan fingerprint density at radius 1 is 1.11 bits per heavy atom. The van der Waals surface area contributed by atoms with E-state index in [0.29, 0.717) is 33.7 Å². The molecule has 2 aromatic heterocycles. The van der Waals surface area contributed by atoms with Crippen molar-refractivity contribution in [1.82, 2.24) is 9.97 Å². The predicted octanol–water partition coefficient (Wildman–Crippen LogP) is 5.62. The number of carbonyl (C=O) groups excluding carboxylic acids is 2. The second kappa shape index (κ2) is 8.30. The van der Waals surface area contributed by atoms with Gasteiger partial charge in [0.1, 0.15) is 5.00 Å². The molecule has 1 amide bonds. The van der Waals surface area contributed by atoms with Crippen LogP contribution >= 0.6 is 11.3 Å². The third kappa shape index (κ3) is 3.09. The van der Waals surface area contributed by atoms with Crippen LogP contribution in [0.3, 0.4) is 0 Å². The number of esters is 1. The van der Waals surface area contributed by atoms with Crippen LogP contribution in [0.15, 0.2) is 18.2 Å². The molecule has 0 spiro atoms. The van der Waals surface area contributed by atoms with Crippen molar-refractivity contribution in [3.63, 3.8) is 0 Å². The summed E-state index contributed by atoms with van der Waals surface area (Å²) in [5.41, 5.74) is 1.81. The number of amides is 1. The van der Waals surface area contributed by atoms with Crippen LogP contribution in [0.5, 0.6) is 0 Å². The molecule has 9 nitrogen and oxygen atoms in total. The largest absolute Gasteiger partial charge is 0.462 e. The van der Waals surface area contributed by atoms with Crippen LogP contribution in [0.25, 0.3) is 11.0 Å². The summed E-state index contributed by atoms with van der Waals surface area (Å²) in [4.78, 5) is 49.4. The van der Waals surface area contributed by atoms with Gasteiger partial charge in [-0.1, -0.05) is 20.8 Å². The van der Waals surface area contributed by atoms with Crippen molar-refractivity contribution in [3.05, 3.63) is 55.7 Å². The van der Waals surface area contributed by atoms with Crippen LogP contribution in [0.1, 0.15) is 85.6 Å². The number of hydrogen-bond donors (Lipinski definition) is 1.